The predicted molar refractivity (Wildman–Crippen MR) is 77.3 cm³/mol. The van der Waals surface area contributed by atoms with Crippen molar-refractivity contribution in [3.05, 3.63) is 17.6 Å². The molecule has 1 aromatic heterocycles. The van der Waals surface area contributed by atoms with E-state index in [1.165, 1.54) is 29.9 Å². The predicted octanol–water partition coefficient (Wildman–Crippen LogP) is 2.09. The highest BCUT2D eigenvalue weighted by Gasteiger charge is 2.31. The zero-order valence-corrected chi connectivity index (χ0v) is 12.3. The van der Waals surface area contributed by atoms with Gasteiger partial charge in [0.2, 0.25) is 0 Å². The third kappa shape index (κ3) is 2.34. The Morgan fingerprint density at radius 1 is 1.26 bits per heavy atom. The van der Waals surface area contributed by atoms with Crippen LogP contribution in [0.1, 0.15) is 37.9 Å². The first-order valence-electron chi connectivity index (χ1n) is 7.44. The fourth-order valence-corrected chi connectivity index (χ4v) is 3.46. The van der Waals surface area contributed by atoms with Gasteiger partial charge in [-0.1, -0.05) is 13.8 Å². The van der Waals surface area contributed by atoms with Crippen LogP contribution >= 0.6 is 0 Å². The lowest BCUT2D eigenvalue weighted by molar-refractivity contribution is 0.308. The third-order valence-corrected chi connectivity index (χ3v) is 4.51. The molecule has 4 heteroatoms. The highest BCUT2D eigenvalue weighted by Crippen LogP contribution is 2.33. The summed E-state index contributed by atoms with van der Waals surface area (Å²) in [6, 6.07) is 0.645. The summed E-state index contributed by atoms with van der Waals surface area (Å²) in [5.41, 5.74) is 2.63. The molecule has 0 N–H and O–H groups in total. The quantitative estimate of drug-likeness (QED) is 0.815. The van der Waals surface area contributed by atoms with Crippen LogP contribution in [0.3, 0.4) is 0 Å². The molecule has 3 heterocycles. The number of aromatic nitrogens is 2. The first-order chi connectivity index (χ1) is 9.16. The molecular formula is C15H24N4. The van der Waals surface area contributed by atoms with E-state index in [0.29, 0.717) is 12.0 Å². The summed E-state index contributed by atoms with van der Waals surface area (Å²) in [6.07, 6.45) is 5.40. The second-order valence-electron chi connectivity index (χ2n) is 6.26. The molecule has 0 radical (unpaired) electrons. The first kappa shape index (κ1) is 12.9. The number of rotatable bonds is 2. The van der Waals surface area contributed by atoms with E-state index in [0.717, 1.165) is 26.1 Å². The van der Waals surface area contributed by atoms with Gasteiger partial charge in [0.05, 0.1) is 5.69 Å². The second kappa shape index (κ2) is 5.08. The molecule has 0 saturated carbocycles. The molecule has 4 nitrogen and oxygen atoms in total. The van der Waals surface area contributed by atoms with Crippen LogP contribution in [0.25, 0.3) is 0 Å². The standard InChI is InChI=1S/C15H24N4/c1-11(2)14-5-4-7-19(14)15-12-9-18(3)8-6-13(12)16-10-17-15/h10-11,14H,4-9H2,1-3H3/t14-/m1/s1. The van der Waals surface area contributed by atoms with Gasteiger partial charge in [-0.05, 0) is 25.8 Å². The third-order valence-electron chi connectivity index (χ3n) is 4.51. The van der Waals surface area contributed by atoms with Gasteiger partial charge >= 0.3 is 0 Å². The molecular weight excluding hydrogens is 236 g/mol. The Kier molecular flexibility index (Phi) is 3.44. The average molecular weight is 260 g/mol. The van der Waals surface area contributed by atoms with Crippen LogP contribution in [0, 0.1) is 5.92 Å². The Balaban J connectivity index is 1.96. The molecule has 0 aromatic carbocycles. The molecule has 1 aromatic rings. The molecule has 2 aliphatic rings. The molecule has 0 aliphatic carbocycles. The molecule has 19 heavy (non-hydrogen) atoms. The Bertz CT molecular complexity index is 457. The molecule has 0 unspecified atom stereocenters. The maximum Gasteiger partial charge on any atom is 0.137 e. The van der Waals surface area contributed by atoms with Gasteiger partial charge in [0.25, 0.3) is 0 Å². The molecule has 2 aliphatic heterocycles. The van der Waals surface area contributed by atoms with Crippen LogP contribution in [0.2, 0.25) is 0 Å². The summed E-state index contributed by atoms with van der Waals surface area (Å²) in [7, 11) is 2.18. The van der Waals surface area contributed by atoms with Crippen LogP contribution in [-0.4, -0.2) is 41.0 Å². The molecule has 1 atom stereocenters. The van der Waals surface area contributed by atoms with Crippen LogP contribution < -0.4 is 4.90 Å². The van der Waals surface area contributed by atoms with E-state index in [1.807, 2.05) is 0 Å². The van der Waals surface area contributed by atoms with Gasteiger partial charge in [0.15, 0.2) is 0 Å². The highest BCUT2D eigenvalue weighted by atomic mass is 15.2. The number of hydrogen-bond acceptors (Lipinski definition) is 4. The molecule has 0 bridgehead atoms. The summed E-state index contributed by atoms with van der Waals surface area (Å²) >= 11 is 0. The number of nitrogens with zero attached hydrogens (tertiary/aromatic N) is 4. The maximum atomic E-state index is 4.63. The van der Waals surface area contributed by atoms with E-state index in [-0.39, 0.29) is 0 Å². The lowest BCUT2D eigenvalue weighted by Gasteiger charge is -2.33. The molecule has 1 fully saturated rings. The van der Waals surface area contributed by atoms with Crippen molar-refractivity contribution in [2.75, 3.05) is 25.0 Å². The topological polar surface area (TPSA) is 32.3 Å². The monoisotopic (exact) mass is 260 g/mol. The summed E-state index contributed by atoms with van der Waals surface area (Å²) < 4.78 is 0. The zero-order valence-electron chi connectivity index (χ0n) is 12.3. The summed E-state index contributed by atoms with van der Waals surface area (Å²) in [4.78, 5) is 14.0. The van der Waals surface area contributed by atoms with Crippen molar-refractivity contribution in [2.24, 2.45) is 5.92 Å². The summed E-state index contributed by atoms with van der Waals surface area (Å²) in [5, 5.41) is 0. The normalized spacial score (nSPS) is 24.0. The Morgan fingerprint density at radius 2 is 2.11 bits per heavy atom. The fraction of sp³-hybridized carbons (Fsp3) is 0.733. The van der Waals surface area contributed by atoms with Crippen LogP contribution in [-0.2, 0) is 13.0 Å². The highest BCUT2D eigenvalue weighted by molar-refractivity contribution is 5.51. The summed E-state index contributed by atoms with van der Waals surface area (Å²) in [6.45, 7) is 7.89. The maximum absolute atomic E-state index is 4.63. The lowest BCUT2D eigenvalue weighted by Crippen LogP contribution is -2.37. The van der Waals surface area contributed by atoms with Crippen molar-refractivity contribution in [1.29, 1.82) is 0 Å². The van der Waals surface area contributed by atoms with E-state index in [2.05, 4.69) is 40.7 Å². The SMILES string of the molecule is CC(C)[C@H]1CCCN1c1ncnc2c1CN(C)CC2. The van der Waals surface area contributed by atoms with Crippen molar-refractivity contribution in [3.8, 4) is 0 Å². The van der Waals surface area contributed by atoms with Gasteiger partial charge < -0.3 is 9.80 Å². The minimum atomic E-state index is 0.645. The number of hydrogen-bond donors (Lipinski definition) is 0. The van der Waals surface area contributed by atoms with Crippen molar-refractivity contribution in [1.82, 2.24) is 14.9 Å². The van der Waals surface area contributed by atoms with Crippen LogP contribution in [0.5, 0.6) is 0 Å². The first-order valence-corrected chi connectivity index (χ1v) is 7.44. The molecule has 104 valence electrons. The van der Waals surface area contributed by atoms with Gasteiger partial charge in [0, 0.05) is 37.7 Å². The second-order valence-corrected chi connectivity index (χ2v) is 6.26. The van der Waals surface area contributed by atoms with Gasteiger partial charge in [0.1, 0.15) is 12.1 Å². The van der Waals surface area contributed by atoms with E-state index in [1.54, 1.807) is 6.33 Å². The van der Waals surface area contributed by atoms with E-state index in [4.69, 9.17) is 0 Å². The Labute approximate surface area is 115 Å². The summed E-state index contributed by atoms with van der Waals surface area (Å²) in [5.74, 6) is 1.89. The minimum Gasteiger partial charge on any atom is -0.353 e. The molecule has 0 amide bonds. The number of anilines is 1. The Hall–Kier alpha value is -1.16. The number of likely N-dealkylation sites (N-methyl/N-ethyl adjacent to an activating group) is 1. The Morgan fingerprint density at radius 3 is 2.89 bits per heavy atom. The van der Waals surface area contributed by atoms with E-state index in [9.17, 15) is 0 Å². The van der Waals surface area contributed by atoms with Crippen molar-refractivity contribution in [3.63, 3.8) is 0 Å². The fourth-order valence-electron chi connectivity index (χ4n) is 3.46. The van der Waals surface area contributed by atoms with Crippen molar-refractivity contribution >= 4 is 5.82 Å². The largest absolute Gasteiger partial charge is 0.353 e. The lowest BCUT2D eigenvalue weighted by atomic mass is 10.0. The minimum absolute atomic E-state index is 0.645. The average Bonchev–Trinajstić information content (AvgIpc) is 2.87. The van der Waals surface area contributed by atoms with Gasteiger partial charge in [-0.25, -0.2) is 9.97 Å². The van der Waals surface area contributed by atoms with E-state index < -0.39 is 0 Å². The zero-order chi connectivity index (χ0) is 13.4. The molecule has 3 rings (SSSR count). The number of fused-ring (bicyclic) bond motifs is 1. The smallest absolute Gasteiger partial charge is 0.137 e. The van der Waals surface area contributed by atoms with Crippen molar-refractivity contribution < 1.29 is 0 Å². The van der Waals surface area contributed by atoms with Crippen LogP contribution in [0.4, 0.5) is 5.82 Å². The van der Waals surface area contributed by atoms with E-state index >= 15 is 0 Å². The molecule has 0 spiro atoms. The van der Waals surface area contributed by atoms with Crippen LogP contribution in [0.15, 0.2) is 6.33 Å². The van der Waals surface area contributed by atoms with Gasteiger partial charge in [-0.2, -0.15) is 0 Å². The van der Waals surface area contributed by atoms with Gasteiger partial charge in [-0.15, -0.1) is 0 Å². The van der Waals surface area contributed by atoms with Gasteiger partial charge in [-0.3, -0.25) is 0 Å². The molecule has 1 saturated heterocycles. The van der Waals surface area contributed by atoms with Crippen molar-refractivity contribution in [2.45, 2.75) is 45.7 Å².